The minimum absolute atomic E-state index is 0.0666. The van der Waals surface area contributed by atoms with E-state index in [4.69, 9.17) is 10.5 Å². The van der Waals surface area contributed by atoms with E-state index in [0.717, 1.165) is 19.3 Å². The predicted molar refractivity (Wildman–Crippen MR) is 77.2 cm³/mol. The van der Waals surface area contributed by atoms with Crippen LogP contribution in [-0.2, 0) is 9.53 Å². The van der Waals surface area contributed by atoms with Gasteiger partial charge < -0.3 is 20.7 Å². The lowest BCUT2D eigenvalue weighted by Crippen LogP contribution is -2.47. The molecule has 0 aliphatic carbocycles. The Morgan fingerprint density at radius 3 is 2.50 bits per heavy atom. The van der Waals surface area contributed by atoms with Gasteiger partial charge in [0.15, 0.2) is 0 Å². The molecule has 0 bridgehead atoms. The van der Waals surface area contributed by atoms with Crippen LogP contribution < -0.4 is 11.1 Å². The molecule has 6 heteroatoms. The number of amides is 2. The number of carbonyl (C=O) groups is 2. The van der Waals surface area contributed by atoms with Gasteiger partial charge >= 0.3 is 6.09 Å². The SMILES string of the molecule is CCOC(=O)N1CCC(NC(=O)CC(CC)CN)CC1. The lowest BCUT2D eigenvalue weighted by molar-refractivity contribution is -0.123. The maximum atomic E-state index is 11.9. The molecule has 0 aromatic heterocycles. The summed E-state index contributed by atoms with van der Waals surface area (Å²) in [5, 5.41) is 3.04. The first-order valence-corrected chi connectivity index (χ1v) is 7.51. The highest BCUT2D eigenvalue weighted by molar-refractivity contribution is 5.76. The van der Waals surface area contributed by atoms with Crippen molar-refractivity contribution < 1.29 is 14.3 Å². The second kappa shape index (κ2) is 8.79. The predicted octanol–water partition coefficient (Wildman–Crippen LogP) is 1.10. The number of hydrogen-bond donors (Lipinski definition) is 2. The topological polar surface area (TPSA) is 84.7 Å². The van der Waals surface area contributed by atoms with Crippen LogP contribution in [0.15, 0.2) is 0 Å². The third kappa shape index (κ3) is 5.36. The molecule has 0 radical (unpaired) electrons. The smallest absolute Gasteiger partial charge is 0.409 e. The summed E-state index contributed by atoms with van der Waals surface area (Å²) in [4.78, 5) is 25.1. The van der Waals surface area contributed by atoms with Gasteiger partial charge in [0.25, 0.3) is 0 Å². The third-order valence-corrected chi connectivity index (χ3v) is 3.77. The van der Waals surface area contributed by atoms with Crippen LogP contribution in [0.3, 0.4) is 0 Å². The number of nitrogens with one attached hydrogen (secondary N) is 1. The van der Waals surface area contributed by atoms with Gasteiger partial charge in [-0.15, -0.1) is 0 Å². The standard InChI is InChI=1S/C14H27N3O3/c1-3-11(10-15)9-13(18)16-12-5-7-17(8-6-12)14(19)20-4-2/h11-12H,3-10,15H2,1-2H3,(H,16,18). The second-order valence-corrected chi connectivity index (χ2v) is 5.24. The molecule has 1 aliphatic rings. The van der Waals surface area contributed by atoms with Crippen molar-refractivity contribution >= 4 is 12.0 Å². The zero-order chi connectivity index (χ0) is 15.0. The summed E-state index contributed by atoms with van der Waals surface area (Å²) in [5.41, 5.74) is 5.61. The molecule has 1 rings (SSSR count). The second-order valence-electron chi connectivity index (χ2n) is 5.24. The molecule has 0 aromatic carbocycles. The number of rotatable bonds is 6. The van der Waals surface area contributed by atoms with E-state index in [1.807, 2.05) is 6.92 Å². The summed E-state index contributed by atoms with van der Waals surface area (Å²) in [7, 11) is 0. The van der Waals surface area contributed by atoms with Crippen molar-refractivity contribution in [3.05, 3.63) is 0 Å². The van der Waals surface area contributed by atoms with Gasteiger partial charge in [-0.1, -0.05) is 13.3 Å². The molecule has 3 N–H and O–H groups in total. The minimum Gasteiger partial charge on any atom is -0.450 e. The average Bonchev–Trinajstić information content (AvgIpc) is 2.45. The lowest BCUT2D eigenvalue weighted by atomic mass is 10.0. The van der Waals surface area contributed by atoms with Crippen molar-refractivity contribution in [3.8, 4) is 0 Å². The Labute approximate surface area is 121 Å². The van der Waals surface area contributed by atoms with Crippen molar-refractivity contribution in [2.45, 2.75) is 45.6 Å². The van der Waals surface area contributed by atoms with Gasteiger partial charge in [-0.3, -0.25) is 4.79 Å². The zero-order valence-corrected chi connectivity index (χ0v) is 12.6. The van der Waals surface area contributed by atoms with Crippen molar-refractivity contribution in [3.63, 3.8) is 0 Å². The summed E-state index contributed by atoms with van der Waals surface area (Å²) in [6.45, 7) is 6.06. The molecule has 20 heavy (non-hydrogen) atoms. The summed E-state index contributed by atoms with van der Waals surface area (Å²) in [5.74, 6) is 0.325. The van der Waals surface area contributed by atoms with Gasteiger partial charge in [0, 0.05) is 25.6 Å². The summed E-state index contributed by atoms with van der Waals surface area (Å²) in [6.07, 6.45) is 2.72. The van der Waals surface area contributed by atoms with Crippen molar-refractivity contribution in [1.82, 2.24) is 10.2 Å². The number of nitrogens with two attached hydrogens (primary N) is 1. The molecule has 1 heterocycles. The highest BCUT2D eigenvalue weighted by Crippen LogP contribution is 2.13. The molecule has 116 valence electrons. The quantitative estimate of drug-likeness (QED) is 0.765. The van der Waals surface area contributed by atoms with Crippen molar-refractivity contribution in [2.75, 3.05) is 26.2 Å². The lowest BCUT2D eigenvalue weighted by Gasteiger charge is -2.31. The van der Waals surface area contributed by atoms with Crippen LogP contribution in [0.1, 0.15) is 39.5 Å². The monoisotopic (exact) mass is 285 g/mol. The molecule has 1 saturated heterocycles. The fourth-order valence-corrected chi connectivity index (χ4v) is 2.36. The zero-order valence-electron chi connectivity index (χ0n) is 12.6. The Balaban J connectivity index is 2.28. The molecule has 1 aliphatic heterocycles. The maximum absolute atomic E-state index is 11.9. The Morgan fingerprint density at radius 2 is 2.00 bits per heavy atom. The van der Waals surface area contributed by atoms with Gasteiger partial charge in [0.05, 0.1) is 6.61 Å². The van der Waals surface area contributed by atoms with Crippen LogP contribution in [0.4, 0.5) is 4.79 Å². The van der Waals surface area contributed by atoms with Crippen molar-refractivity contribution in [1.29, 1.82) is 0 Å². The Morgan fingerprint density at radius 1 is 1.35 bits per heavy atom. The number of ether oxygens (including phenoxy) is 1. The Hall–Kier alpha value is -1.30. The van der Waals surface area contributed by atoms with E-state index < -0.39 is 0 Å². The fraction of sp³-hybridized carbons (Fsp3) is 0.857. The molecule has 2 amide bonds. The summed E-state index contributed by atoms with van der Waals surface area (Å²) in [6, 6.07) is 0.156. The molecular weight excluding hydrogens is 258 g/mol. The number of likely N-dealkylation sites (tertiary alicyclic amines) is 1. The van der Waals surface area contributed by atoms with E-state index in [9.17, 15) is 9.59 Å². The molecule has 6 nitrogen and oxygen atoms in total. The Bertz CT molecular complexity index is 311. The van der Waals surface area contributed by atoms with Crippen LogP contribution in [0.5, 0.6) is 0 Å². The molecule has 0 aromatic rings. The van der Waals surface area contributed by atoms with Gasteiger partial charge in [-0.05, 0) is 32.2 Å². The van der Waals surface area contributed by atoms with Crippen molar-refractivity contribution in [2.24, 2.45) is 11.7 Å². The van der Waals surface area contributed by atoms with Crippen LogP contribution in [0.2, 0.25) is 0 Å². The average molecular weight is 285 g/mol. The first kappa shape index (κ1) is 16.8. The maximum Gasteiger partial charge on any atom is 0.409 e. The summed E-state index contributed by atoms with van der Waals surface area (Å²) >= 11 is 0. The number of piperidine rings is 1. The van der Waals surface area contributed by atoms with Crippen LogP contribution >= 0.6 is 0 Å². The van der Waals surface area contributed by atoms with E-state index >= 15 is 0 Å². The van der Waals surface area contributed by atoms with Gasteiger partial charge in [0.1, 0.15) is 0 Å². The van der Waals surface area contributed by atoms with Crippen LogP contribution in [0, 0.1) is 5.92 Å². The highest BCUT2D eigenvalue weighted by Gasteiger charge is 2.24. The Kier molecular flexibility index (Phi) is 7.36. The van der Waals surface area contributed by atoms with E-state index in [1.54, 1.807) is 11.8 Å². The first-order valence-electron chi connectivity index (χ1n) is 7.51. The summed E-state index contributed by atoms with van der Waals surface area (Å²) < 4.78 is 4.97. The van der Waals surface area contributed by atoms with E-state index in [1.165, 1.54) is 0 Å². The number of nitrogens with zero attached hydrogens (tertiary/aromatic N) is 1. The van der Waals surface area contributed by atoms with Crippen LogP contribution in [0.25, 0.3) is 0 Å². The number of hydrogen-bond acceptors (Lipinski definition) is 4. The molecular formula is C14H27N3O3. The first-order chi connectivity index (χ1) is 9.60. The molecule has 1 unspecified atom stereocenters. The number of carbonyl (C=O) groups excluding carboxylic acids is 2. The molecule has 0 saturated carbocycles. The highest BCUT2D eigenvalue weighted by atomic mass is 16.6. The van der Waals surface area contributed by atoms with E-state index in [-0.39, 0.29) is 24.0 Å². The van der Waals surface area contributed by atoms with Crippen LogP contribution in [-0.4, -0.2) is 49.2 Å². The van der Waals surface area contributed by atoms with Gasteiger partial charge in [-0.25, -0.2) is 4.79 Å². The van der Waals surface area contributed by atoms with E-state index in [0.29, 0.717) is 32.7 Å². The van der Waals surface area contributed by atoms with E-state index in [2.05, 4.69) is 5.32 Å². The molecule has 1 atom stereocenters. The normalized spacial score (nSPS) is 17.6. The molecule has 0 spiro atoms. The largest absolute Gasteiger partial charge is 0.450 e. The molecule has 1 fully saturated rings. The minimum atomic E-state index is -0.258. The third-order valence-electron chi connectivity index (χ3n) is 3.77. The van der Waals surface area contributed by atoms with Gasteiger partial charge in [0.2, 0.25) is 5.91 Å². The van der Waals surface area contributed by atoms with Gasteiger partial charge in [-0.2, -0.15) is 0 Å². The fourth-order valence-electron chi connectivity index (χ4n) is 2.36.